The van der Waals surface area contributed by atoms with Gasteiger partial charge in [-0.05, 0) is 59.5 Å². The van der Waals surface area contributed by atoms with Gasteiger partial charge in [-0.3, -0.25) is 0 Å². The molecule has 0 aliphatic carbocycles. The fourth-order valence-corrected chi connectivity index (χ4v) is 2.78. The van der Waals surface area contributed by atoms with Crippen LogP contribution in [0, 0.1) is 11.3 Å². The van der Waals surface area contributed by atoms with Crippen molar-refractivity contribution in [2.24, 2.45) is 0 Å². The molecule has 0 amide bonds. The van der Waals surface area contributed by atoms with Gasteiger partial charge in [0.25, 0.3) is 0 Å². The van der Waals surface area contributed by atoms with Gasteiger partial charge in [0.2, 0.25) is 0 Å². The summed E-state index contributed by atoms with van der Waals surface area (Å²) < 4.78 is 5.50. The van der Waals surface area contributed by atoms with E-state index in [0.29, 0.717) is 23.5 Å². The summed E-state index contributed by atoms with van der Waals surface area (Å²) in [6.45, 7) is 2.40. The molecule has 0 fully saturated rings. The Kier molecular flexibility index (Phi) is 5.00. The first kappa shape index (κ1) is 17.2. The van der Waals surface area contributed by atoms with Crippen molar-refractivity contribution in [2.45, 2.75) is 6.92 Å². The second-order valence-electron chi connectivity index (χ2n) is 5.71. The Morgan fingerprint density at radius 2 is 1.54 bits per heavy atom. The molecule has 1 N–H and O–H groups in total. The summed E-state index contributed by atoms with van der Waals surface area (Å²) in [5, 5.41) is 18.3. The van der Waals surface area contributed by atoms with Gasteiger partial charge in [0.15, 0.2) is 0 Å². The van der Waals surface area contributed by atoms with Crippen LogP contribution in [0.5, 0.6) is 5.75 Å². The Morgan fingerprint density at radius 3 is 2.08 bits per heavy atom. The number of nitrogens with zero attached hydrogens (tertiary/aromatic N) is 1. The van der Waals surface area contributed by atoms with Crippen molar-refractivity contribution in [1.29, 1.82) is 5.26 Å². The summed E-state index contributed by atoms with van der Waals surface area (Å²) in [5.41, 5.74) is 4.27. The van der Waals surface area contributed by atoms with Gasteiger partial charge in [-0.25, -0.2) is 4.79 Å². The van der Waals surface area contributed by atoms with Gasteiger partial charge in [0, 0.05) is 0 Å². The summed E-state index contributed by atoms with van der Waals surface area (Å²) >= 11 is 0. The molecule has 0 aliphatic rings. The molecule has 0 aliphatic heterocycles. The number of hydrogen-bond acceptors (Lipinski definition) is 3. The Hall–Kier alpha value is -3.58. The van der Waals surface area contributed by atoms with Crippen LogP contribution in [0.15, 0.2) is 66.7 Å². The van der Waals surface area contributed by atoms with Crippen molar-refractivity contribution in [3.05, 3.63) is 77.9 Å². The molecule has 0 saturated heterocycles. The summed E-state index contributed by atoms with van der Waals surface area (Å²) in [6.07, 6.45) is 0. The maximum Gasteiger partial charge on any atom is 0.336 e. The standard InChI is InChI=1S/C22H17NO3/c1-2-26-19-11-12-20(22(24)25)21(13-19)18-9-7-17(8-10-18)16-5-3-15(14-23)4-6-16/h3-13H,2H2,1H3,(H,24,25). The van der Waals surface area contributed by atoms with E-state index in [9.17, 15) is 9.90 Å². The van der Waals surface area contributed by atoms with Crippen molar-refractivity contribution < 1.29 is 14.6 Å². The molecule has 0 saturated carbocycles. The molecule has 0 aromatic heterocycles. The Balaban J connectivity index is 1.98. The number of rotatable bonds is 5. The molecule has 0 heterocycles. The molecule has 0 radical (unpaired) electrons. The van der Waals surface area contributed by atoms with Gasteiger partial charge >= 0.3 is 5.97 Å². The fraction of sp³-hybridized carbons (Fsp3) is 0.0909. The molecule has 0 atom stereocenters. The summed E-state index contributed by atoms with van der Waals surface area (Å²) in [6, 6.07) is 22.1. The van der Waals surface area contributed by atoms with Gasteiger partial charge in [-0.15, -0.1) is 0 Å². The average molecular weight is 343 g/mol. The van der Waals surface area contributed by atoms with Crippen LogP contribution in [0.25, 0.3) is 22.3 Å². The van der Waals surface area contributed by atoms with Crippen molar-refractivity contribution in [3.8, 4) is 34.1 Å². The summed E-state index contributed by atoms with van der Waals surface area (Å²) in [4.78, 5) is 11.5. The van der Waals surface area contributed by atoms with Crippen LogP contribution in [-0.4, -0.2) is 17.7 Å². The lowest BCUT2D eigenvalue weighted by molar-refractivity contribution is 0.0697. The van der Waals surface area contributed by atoms with Crippen molar-refractivity contribution in [2.75, 3.05) is 6.61 Å². The van der Waals surface area contributed by atoms with Gasteiger partial charge in [0.05, 0.1) is 23.8 Å². The molecule has 0 bridgehead atoms. The van der Waals surface area contributed by atoms with E-state index in [1.165, 1.54) is 0 Å². The SMILES string of the molecule is CCOc1ccc(C(=O)O)c(-c2ccc(-c3ccc(C#N)cc3)cc2)c1. The molecular formula is C22H17NO3. The molecule has 0 spiro atoms. The minimum atomic E-state index is -0.973. The highest BCUT2D eigenvalue weighted by Crippen LogP contribution is 2.30. The number of hydrogen-bond donors (Lipinski definition) is 1. The van der Waals surface area contributed by atoms with E-state index in [1.54, 1.807) is 30.3 Å². The Labute approximate surface area is 151 Å². The minimum Gasteiger partial charge on any atom is -0.494 e. The lowest BCUT2D eigenvalue weighted by atomic mass is 9.96. The number of carbonyl (C=O) groups is 1. The van der Waals surface area contributed by atoms with Crippen LogP contribution in [0.3, 0.4) is 0 Å². The number of carboxylic acid groups (broad SMARTS) is 1. The van der Waals surface area contributed by atoms with E-state index in [4.69, 9.17) is 10.00 Å². The summed E-state index contributed by atoms with van der Waals surface area (Å²) in [7, 11) is 0. The lowest BCUT2D eigenvalue weighted by Crippen LogP contribution is -2.01. The van der Waals surface area contributed by atoms with Crippen LogP contribution in [-0.2, 0) is 0 Å². The van der Waals surface area contributed by atoms with Gasteiger partial charge in [-0.2, -0.15) is 5.26 Å². The van der Waals surface area contributed by atoms with Crippen LogP contribution in [0.4, 0.5) is 0 Å². The predicted molar refractivity (Wildman–Crippen MR) is 100 cm³/mol. The first-order valence-electron chi connectivity index (χ1n) is 8.23. The molecule has 3 rings (SSSR count). The third kappa shape index (κ3) is 3.57. The van der Waals surface area contributed by atoms with Crippen molar-refractivity contribution in [1.82, 2.24) is 0 Å². The Bertz CT molecular complexity index is 968. The third-order valence-electron chi connectivity index (χ3n) is 4.08. The summed E-state index contributed by atoms with van der Waals surface area (Å²) in [5.74, 6) is -0.331. The second kappa shape index (κ2) is 7.54. The molecule has 3 aromatic carbocycles. The van der Waals surface area contributed by atoms with E-state index in [2.05, 4.69) is 6.07 Å². The maximum absolute atomic E-state index is 11.5. The number of carboxylic acids is 1. The fourth-order valence-electron chi connectivity index (χ4n) is 2.78. The first-order chi connectivity index (χ1) is 12.6. The second-order valence-corrected chi connectivity index (χ2v) is 5.71. The molecule has 128 valence electrons. The number of ether oxygens (including phenoxy) is 1. The quantitative estimate of drug-likeness (QED) is 0.708. The molecule has 4 nitrogen and oxygen atoms in total. The normalized spacial score (nSPS) is 10.2. The first-order valence-corrected chi connectivity index (χ1v) is 8.23. The smallest absolute Gasteiger partial charge is 0.336 e. The highest BCUT2D eigenvalue weighted by molar-refractivity contribution is 5.96. The monoisotopic (exact) mass is 343 g/mol. The average Bonchev–Trinajstić information content (AvgIpc) is 2.68. The topological polar surface area (TPSA) is 70.3 Å². The molecule has 4 heteroatoms. The van der Waals surface area contributed by atoms with Crippen molar-refractivity contribution >= 4 is 5.97 Å². The van der Waals surface area contributed by atoms with Gasteiger partial charge < -0.3 is 9.84 Å². The third-order valence-corrected chi connectivity index (χ3v) is 4.08. The van der Waals surface area contributed by atoms with Gasteiger partial charge in [-0.1, -0.05) is 36.4 Å². The van der Waals surface area contributed by atoms with E-state index in [-0.39, 0.29) is 5.56 Å². The van der Waals surface area contributed by atoms with Crippen molar-refractivity contribution in [3.63, 3.8) is 0 Å². The minimum absolute atomic E-state index is 0.236. The molecule has 3 aromatic rings. The van der Waals surface area contributed by atoms with Crippen LogP contribution < -0.4 is 4.74 Å². The van der Waals surface area contributed by atoms with E-state index < -0.39 is 5.97 Å². The maximum atomic E-state index is 11.5. The number of nitriles is 1. The highest BCUT2D eigenvalue weighted by atomic mass is 16.5. The zero-order valence-corrected chi connectivity index (χ0v) is 14.3. The van der Waals surface area contributed by atoms with E-state index in [1.807, 2.05) is 43.3 Å². The van der Waals surface area contributed by atoms with Crippen LogP contribution >= 0.6 is 0 Å². The zero-order valence-electron chi connectivity index (χ0n) is 14.3. The number of aromatic carboxylic acids is 1. The molecule has 0 unspecified atom stereocenters. The van der Waals surface area contributed by atoms with E-state index in [0.717, 1.165) is 16.7 Å². The van der Waals surface area contributed by atoms with Crippen LogP contribution in [0.1, 0.15) is 22.8 Å². The van der Waals surface area contributed by atoms with E-state index >= 15 is 0 Å². The number of benzene rings is 3. The molecular weight excluding hydrogens is 326 g/mol. The Morgan fingerprint density at radius 1 is 0.962 bits per heavy atom. The molecule has 26 heavy (non-hydrogen) atoms. The largest absolute Gasteiger partial charge is 0.494 e. The van der Waals surface area contributed by atoms with Crippen LogP contribution in [0.2, 0.25) is 0 Å². The van der Waals surface area contributed by atoms with Gasteiger partial charge in [0.1, 0.15) is 5.75 Å². The zero-order chi connectivity index (χ0) is 18.5. The highest BCUT2D eigenvalue weighted by Gasteiger charge is 2.13. The predicted octanol–water partition coefficient (Wildman–Crippen LogP) is 4.99. The lowest BCUT2D eigenvalue weighted by Gasteiger charge is -2.11.